The van der Waals surface area contributed by atoms with E-state index < -0.39 is 0 Å². The largest absolute Gasteiger partial charge is 0.381 e. The van der Waals surface area contributed by atoms with E-state index in [-0.39, 0.29) is 10.7 Å². The molecule has 0 radical (unpaired) electrons. The molecule has 1 aromatic carbocycles. The Kier molecular flexibility index (Phi) is 8.94. The average molecular weight is 393 g/mol. The third-order valence-electron chi connectivity index (χ3n) is 4.83. The lowest BCUT2D eigenvalue weighted by Gasteiger charge is -2.34. The number of carbonyl (C=O) groups excluding carboxylic acids is 1. The third kappa shape index (κ3) is 6.74. The van der Waals surface area contributed by atoms with Crippen LogP contribution in [0.5, 0.6) is 0 Å². The van der Waals surface area contributed by atoms with Gasteiger partial charge < -0.3 is 20.7 Å². The maximum absolute atomic E-state index is 11.8. The second-order valence-corrected chi connectivity index (χ2v) is 7.93. The molecule has 150 valence electrons. The first-order chi connectivity index (χ1) is 13.1. The molecule has 7 heteroatoms. The van der Waals surface area contributed by atoms with Gasteiger partial charge in [0.1, 0.15) is 0 Å². The Bertz CT molecular complexity index is 630. The number of ether oxygens (including phenoxy) is 1. The topological polar surface area (TPSA) is 74.8 Å². The molecule has 1 aliphatic heterocycles. The Labute approximate surface area is 166 Å². The molecule has 1 heterocycles. The molecule has 0 spiro atoms. The monoisotopic (exact) mass is 392 g/mol. The van der Waals surface area contributed by atoms with E-state index in [1.165, 1.54) is 0 Å². The molecule has 0 aliphatic carbocycles. The third-order valence-corrected chi connectivity index (χ3v) is 6.23. The van der Waals surface area contributed by atoms with Gasteiger partial charge in [-0.2, -0.15) is 11.8 Å². The van der Waals surface area contributed by atoms with Gasteiger partial charge in [-0.3, -0.25) is 9.79 Å². The summed E-state index contributed by atoms with van der Waals surface area (Å²) in [6.45, 7) is 6.09. The van der Waals surface area contributed by atoms with E-state index in [0.29, 0.717) is 5.56 Å². The second kappa shape index (κ2) is 11.2. The predicted octanol–water partition coefficient (Wildman–Crippen LogP) is 2.06. The van der Waals surface area contributed by atoms with Crippen molar-refractivity contribution >= 4 is 23.6 Å². The summed E-state index contributed by atoms with van der Waals surface area (Å²) in [5.41, 5.74) is 1.82. The SMILES string of the molecule is CCNC(=NCC1(SC)CCOCC1)NCCc1cccc(C(=O)NC)c1. The van der Waals surface area contributed by atoms with Gasteiger partial charge in [0.25, 0.3) is 5.91 Å². The molecule has 1 aromatic rings. The highest BCUT2D eigenvalue weighted by molar-refractivity contribution is 8.00. The number of benzene rings is 1. The Balaban J connectivity index is 1.91. The van der Waals surface area contributed by atoms with Crippen molar-refractivity contribution in [3.63, 3.8) is 0 Å². The van der Waals surface area contributed by atoms with E-state index >= 15 is 0 Å². The summed E-state index contributed by atoms with van der Waals surface area (Å²) in [7, 11) is 1.65. The highest BCUT2D eigenvalue weighted by Crippen LogP contribution is 2.33. The van der Waals surface area contributed by atoms with Crippen LogP contribution in [0.4, 0.5) is 0 Å². The van der Waals surface area contributed by atoms with Gasteiger partial charge in [-0.1, -0.05) is 12.1 Å². The van der Waals surface area contributed by atoms with Crippen LogP contribution in [-0.2, 0) is 11.2 Å². The number of guanidine groups is 1. The summed E-state index contributed by atoms with van der Waals surface area (Å²) in [6.07, 6.45) is 5.09. The van der Waals surface area contributed by atoms with Gasteiger partial charge in [-0.15, -0.1) is 0 Å². The van der Waals surface area contributed by atoms with E-state index in [0.717, 1.165) is 63.6 Å². The van der Waals surface area contributed by atoms with Crippen molar-refractivity contribution in [2.24, 2.45) is 4.99 Å². The summed E-state index contributed by atoms with van der Waals surface area (Å²) >= 11 is 1.90. The van der Waals surface area contributed by atoms with Crippen molar-refractivity contribution in [2.75, 3.05) is 46.2 Å². The lowest BCUT2D eigenvalue weighted by molar-refractivity contribution is 0.0794. The number of amides is 1. The lowest BCUT2D eigenvalue weighted by atomic mass is 9.99. The van der Waals surface area contributed by atoms with Gasteiger partial charge in [0.15, 0.2) is 5.96 Å². The number of rotatable bonds is 8. The van der Waals surface area contributed by atoms with Gasteiger partial charge in [0, 0.05) is 43.7 Å². The molecule has 1 fully saturated rings. The number of hydrogen-bond acceptors (Lipinski definition) is 4. The van der Waals surface area contributed by atoms with Crippen LogP contribution < -0.4 is 16.0 Å². The highest BCUT2D eigenvalue weighted by atomic mass is 32.2. The minimum absolute atomic E-state index is 0.0569. The molecule has 1 aliphatic rings. The summed E-state index contributed by atoms with van der Waals surface area (Å²) in [4.78, 5) is 16.6. The fraction of sp³-hybridized carbons (Fsp3) is 0.600. The lowest BCUT2D eigenvalue weighted by Crippen LogP contribution is -2.41. The summed E-state index contributed by atoms with van der Waals surface area (Å²) in [5.74, 6) is 0.790. The zero-order chi connectivity index (χ0) is 19.5. The standard InChI is InChI=1S/C20H32N4O2S/c1-4-22-19(24-15-20(27-3)9-12-26-13-10-20)23-11-8-16-6-5-7-17(14-16)18(25)21-2/h5-7,14H,4,8-13,15H2,1-3H3,(H,21,25)(H2,22,23,24). The van der Waals surface area contributed by atoms with Crippen LogP contribution in [-0.4, -0.2) is 62.8 Å². The zero-order valence-corrected chi connectivity index (χ0v) is 17.5. The second-order valence-electron chi connectivity index (χ2n) is 6.65. The highest BCUT2D eigenvalue weighted by Gasteiger charge is 2.31. The van der Waals surface area contributed by atoms with Crippen molar-refractivity contribution in [2.45, 2.75) is 30.9 Å². The maximum atomic E-state index is 11.8. The van der Waals surface area contributed by atoms with Crippen LogP contribution >= 0.6 is 11.8 Å². The number of hydrogen-bond donors (Lipinski definition) is 3. The summed E-state index contributed by atoms with van der Waals surface area (Å²) in [5, 5.41) is 9.40. The zero-order valence-electron chi connectivity index (χ0n) is 16.6. The van der Waals surface area contributed by atoms with Gasteiger partial charge in [-0.05, 0) is 50.1 Å². The van der Waals surface area contributed by atoms with Crippen LogP contribution in [0.15, 0.2) is 29.3 Å². The van der Waals surface area contributed by atoms with Crippen LogP contribution in [0, 0.1) is 0 Å². The Hall–Kier alpha value is -1.73. The fourth-order valence-corrected chi connectivity index (χ4v) is 3.84. The molecule has 3 N–H and O–H groups in total. The number of carbonyl (C=O) groups is 1. The van der Waals surface area contributed by atoms with E-state index in [1.807, 2.05) is 36.0 Å². The smallest absolute Gasteiger partial charge is 0.251 e. The predicted molar refractivity (Wildman–Crippen MR) is 114 cm³/mol. The van der Waals surface area contributed by atoms with Gasteiger partial charge >= 0.3 is 0 Å². The minimum atomic E-state index is -0.0569. The molecular weight excluding hydrogens is 360 g/mol. The number of nitrogens with zero attached hydrogens (tertiary/aromatic N) is 1. The van der Waals surface area contributed by atoms with Crippen LogP contribution in [0.25, 0.3) is 0 Å². The summed E-state index contributed by atoms with van der Waals surface area (Å²) < 4.78 is 5.69. The molecule has 0 unspecified atom stereocenters. The number of aliphatic imine (C=N–C) groups is 1. The van der Waals surface area contributed by atoms with Crippen LogP contribution in [0.3, 0.4) is 0 Å². The molecule has 1 saturated heterocycles. The minimum Gasteiger partial charge on any atom is -0.381 e. The molecule has 0 atom stereocenters. The van der Waals surface area contributed by atoms with E-state index in [1.54, 1.807) is 7.05 Å². The fourth-order valence-electron chi connectivity index (χ4n) is 3.07. The molecule has 0 bridgehead atoms. The van der Waals surface area contributed by atoms with Gasteiger partial charge in [0.05, 0.1) is 6.54 Å². The molecule has 6 nitrogen and oxygen atoms in total. The van der Waals surface area contributed by atoms with Crippen LogP contribution in [0.2, 0.25) is 0 Å². The molecular formula is C20H32N4O2S. The molecule has 27 heavy (non-hydrogen) atoms. The molecule has 0 saturated carbocycles. The molecule has 0 aromatic heterocycles. The van der Waals surface area contributed by atoms with E-state index in [2.05, 4.69) is 29.1 Å². The van der Waals surface area contributed by atoms with Crippen molar-refractivity contribution in [3.05, 3.63) is 35.4 Å². The van der Waals surface area contributed by atoms with E-state index in [4.69, 9.17) is 9.73 Å². The van der Waals surface area contributed by atoms with Gasteiger partial charge in [0.2, 0.25) is 0 Å². The first kappa shape index (κ1) is 21.6. The number of nitrogens with one attached hydrogen (secondary N) is 3. The molecule has 1 amide bonds. The van der Waals surface area contributed by atoms with E-state index in [9.17, 15) is 4.79 Å². The quantitative estimate of drug-likeness (QED) is 0.466. The maximum Gasteiger partial charge on any atom is 0.251 e. The first-order valence-corrected chi connectivity index (χ1v) is 10.8. The number of thioether (sulfide) groups is 1. The van der Waals surface area contributed by atoms with Crippen molar-refractivity contribution in [1.82, 2.24) is 16.0 Å². The Morgan fingerprint density at radius 1 is 1.30 bits per heavy atom. The first-order valence-electron chi connectivity index (χ1n) is 9.58. The van der Waals surface area contributed by atoms with Crippen molar-refractivity contribution < 1.29 is 9.53 Å². The van der Waals surface area contributed by atoms with Crippen molar-refractivity contribution in [1.29, 1.82) is 0 Å². The van der Waals surface area contributed by atoms with Crippen LogP contribution in [0.1, 0.15) is 35.7 Å². The average Bonchev–Trinajstić information content (AvgIpc) is 2.72. The van der Waals surface area contributed by atoms with Crippen molar-refractivity contribution in [3.8, 4) is 0 Å². The molecule has 2 rings (SSSR count). The normalized spacial score (nSPS) is 16.6. The summed E-state index contributed by atoms with van der Waals surface area (Å²) in [6, 6.07) is 7.74. The van der Waals surface area contributed by atoms with Gasteiger partial charge in [-0.25, -0.2) is 0 Å². The Morgan fingerprint density at radius 3 is 2.74 bits per heavy atom. The Morgan fingerprint density at radius 2 is 2.07 bits per heavy atom.